The molecular formula is C15H27N3O2. The summed E-state index contributed by atoms with van der Waals surface area (Å²) in [6.45, 7) is 6.40. The highest BCUT2D eigenvalue weighted by atomic mass is 16.5. The fourth-order valence-corrected chi connectivity index (χ4v) is 3.13. The number of rotatable bonds is 5. The Morgan fingerprint density at radius 3 is 2.65 bits per heavy atom. The van der Waals surface area contributed by atoms with Gasteiger partial charge < -0.3 is 9.84 Å². The average Bonchev–Trinajstić information content (AvgIpc) is 2.88. The van der Waals surface area contributed by atoms with E-state index in [-0.39, 0.29) is 6.04 Å². The van der Waals surface area contributed by atoms with Crippen molar-refractivity contribution in [2.24, 2.45) is 5.92 Å². The predicted octanol–water partition coefficient (Wildman–Crippen LogP) is 2.36. The highest BCUT2D eigenvalue weighted by molar-refractivity contribution is 4.99. The molecule has 1 saturated carbocycles. The molecule has 1 fully saturated rings. The van der Waals surface area contributed by atoms with E-state index in [4.69, 9.17) is 4.74 Å². The molecule has 1 aromatic rings. The Morgan fingerprint density at radius 2 is 2.10 bits per heavy atom. The van der Waals surface area contributed by atoms with Gasteiger partial charge in [0.1, 0.15) is 12.2 Å². The summed E-state index contributed by atoms with van der Waals surface area (Å²) in [7, 11) is 1.71. The van der Waals surface area contributed by atoms with E-state index in [0.717, 1.165) is 37.4 Å². The molecule has 5 heteroatoms. The lowest BCUT2D eigenvalue weighted by Crippen LogP contribution is -2.48. The predicted molar refractivity (Wildman–Crippen MR) is 77.5 cm³/mol. The maximum absolute atomic E-state index is 10.7. The molecule has 1 N–H and O–H groups in total. The molecule has 1 aliphatic rings. The van der Waals surface area contributed by atoms with Crippen molar-refractivity contribution < 1.29 is 9.84 Å². The van der Waals surface area contributed by atoms with Gasteiger partial charge in [0.15, 0.2) is 0 Å². The van der Waals surface area contributed by atoms with Crippen molar-refractivity contribution in [2.75, 3.05) is 7.11 Å². The van der Waals surface area contributed by atoms with Crippen LogP contribution in [0, 0.1) is 5.92 Å². The molecule has 1 aromatic heterocycles. The van der Waals surface area contributed by atoms with Gasteiger partial charge in [0.2, 0.25) is 0 Å². The lowest BCUT2D eigenvalue weighted by molar-refractivity contribution is -0.128. The van der Waals surface area contributed by atoms with E-state index >= 15 is 0 Å². The van der Waals surface area contributed by atoms with Crippen LogP contribution in [-0.2, 0) is 11.2 Å². The summed E-state index contributed by atoms with van der Waals surface area (Å²) in [5.41, 5.74) is -0.416. The van der Waals surface area contributed by atoms with Crippen LogP contribution in [0.3, 0.4) is 0 Å². The quantitative estimate of drug-likeness (QED) is 0.900. The molecule has 0 aromatic carbocycles. The number of ether oxygens (including phenoxy) is 1. The van der Waals surface area contributed by atoms with Crippen LogP contribution in [0.4, 0.5) is 0 Å². The number of aliphatic hydroxyl groups excluding tert-OH is 1. The van der Waals surface area contributed by atoms with Gasteiger partial charge in [-0.15, -0.1) is 0 Å². The van der Waals surface area contributed by atoms with Crippen molar-refractivity contribution in [3.63, 3.8) is 0 Å². The maximum atomic E-state index is 10.7. The van der Waals surface area contributed by atoms with Crippen molar-refractivity contribution in [1.82, 2.24) is 14.8 Å². The van der Waals surface area contributed by atoms with Gasteiger partial charge in [0, 0.05) is 19.6 Å². The summed E-state index contributed by atoms with van der Waals surface area (Å²) in [5.74, 6) is 1.56. The van der Waals surface area contributed by atoms with Crippen molar-refractivity contribution in [2.45, 2.75) is 70.6 Å². The van der Waals surface area contributed by atoms with Crippen molar-refractivity contribution in [1.29, 1.82) is 0 Å². The summed E-state index contributed by atoms with van der Waals surface area (Å²) >= 11 is 0. The minimum Gasteiger partial charge on any atom is -0.390 e. The summed E-state index contributed by atoms with van der Waals surface area (Å²) in [6, 6.07) is 0.254. The monoisotopic (exact) mass is 281 g/mol. The molecule has 0 radical (unpaired) electrons. The van der Waals surface area contributed by atoms with Crippen molar-refractivity contribution in [3.8, 4) is 0 Å². The summed E-state index contributed by atoms with van der Waals surface area (Å²) in [4.78, 5) is 4.29. The van der Waals surface area contributed by atoms with Crippen molar-refractivity contribution >= 4 is 0 Å². The van der Waals surface area contributed by atoms with E-state index in [2.05, 4.69) is 30.9 Å². The van der Waals surface area contributed by atoms with Crippen molar-refractivity contribution in [3.05, 3.63) is 12.2 Å². The van der Waals surface area contributed by atoms with Gasteiger partial charge in [0.05, 0.1) is 11.7 Å². The van der Waals surface area contributed by atoms with Crippen LogP contribution in [0.2, 0.25) is 0 Å². The molecule has 0 spiro atoms. The molecule has 20 heavy (non-hydrogen) atoms. The molecule has 0 bridgehead atoms. The zero-order valence-electron chi connectivity index (χ0n) is 13.0. The first-order chi connectivity index (χ1) is 9.48. The van der Waals surface area contributed by atoms with Crippen LogP contribution in [-0.4, -0.2) is 38.7 Å². The van der Waals surface area contributed by atoms with Crippen LogP contribution in [0.25, 0.3) is 0 Å². The minimum atomic E-state index is -0.526. The smallest absolute Gasteiger partial charge is 0.138 e. The second-order valence-corrected chi connectivity index (χ2v) is 6.39. The first-order valence-electron chi connectivity index (χ1n) is 7.60. The molecule has 5 nitrogen and oxygen atoms in total. The third kappa shape index (κ3) is 3.04. The number of hydrogen-bond donors (Lipinski definition) is 1. The summed E-state index contributed by atoms with van der Waals surface area (Å²) in [5, 5.41) is 14.9. The van der Waals surface area contributed by atoms with Crippen LogP contribution >= 0.6 is 0 Å². The van der Waals surface area contributed by atoms with E-state index in [1.54, 1.807) is 13.4 Å². The van der Waals surface area contributed by atoms with E-state index < -0.39 is 11.7 Å². The second-order valence-electron chi connectivity index (χ2n) is 6.39. The molecule has 1 heterocycles. The van der Waals surface area contributed by atoms with E-state index in [1.165, 1.54) is 0 Å². The average molecular weight is 281 g/mol. The molecule has 1 aliphatic carbocycles. The first-order valence-corrected chi connectivity index (χ1v) is 7.60. The third-order valence-electron chi connectivity index (χ3n) is 4.65. The summed E-state index contributed by atoms with van der Waals surface area (Å²) < 4.78 is 7.60. The Hall–Kier alpha value is -0.940. The van der Waals surface area contributed by atoms with Crippen LogP contribution < -0.4 is 0 Å². The Morgan fingerprint density at radius 1 is 1.45 bits per heavy atom. The van der Waals surface area contributed by atoms with Gasteiger partial charge in [0.25, 0.3) is 0 Å². The highest BCUT2D eigenvalue weighted by Crippen LogP contribution is 2.37. The number of aromatic nitrogens is 3. The van der Waals surface area contributed by atoms with Gasteiger partial charge in [-0.05, 0) is 45.4 Å². The van der Waals surface area contributed by atoms with Crippen LogP contribution in [0.1, 0.15) is 58.3 Å². The second kappa shape index (κ2) is 6.22. The van der Waals surface area contributed by atoms with E-state index in [9.17, 15) is 5.11 Å². The standard InChI is InChI=1S/C15H27N3O2/c1-11(2)18-14(16-10-17-18)9-13(19)15(20-4)7-5-12(3)6-8-15/h10-13,19H,5-9H2,1-4H3. The summed E-state index contributed by atoms with van der Waals surface area (Å²) in [6.07, 6.45) is 5.60. The number of nitrogens with zero attached hydrogens (tertiary/aromatic N) is 3. The largest absolute Gasteiger partial charge is 0.390 e. The normalized spacial score (nSPS) is 28.8. The Bertz CT molecular complexity index is 423. The van der Waals surface area contributed by atoms with Crippen LogP contribution in [0.5, 0.6) is 0 Å². The fourth-order valence-electron chi connectivity index (χ4n) is 3.13. The Balaban J connectivity index is 2.09. The van der Waals surface area contributed by atoms with Crippen LogP contribution in [0.15, 0.2) is 6.33 Å². The molecule has 114 valence electrons. The lowest BCUT2D eigenvalue weighted by Gasteiger charge is -2.41. The van der Waals surface area contributed by atoms with Gasteiger partial charge in [-0.2, -0.15) is 5.10 Å². The van der Waals surface area contributed by atoms with E-state index in [1.807, 2.05) is 4.68 Å². The fraction of sp³-hybridized carbons (Fsp3) is 0.867. The minimum absolute atomic E-state index is 0.254. The highest BCUT2D eigenvalue weighted by Gasteiger charge is 2.41. The molecule has 1 atom stereocenters. The molecule has 2 rings (SSSR count). The Kier molecular flexibility index (Phi) is 4.81. The molecule has 1 unspecified atom stereocenters. The molecule has 0 amide bonds. The first kappa shape index (κ1) is 15.4. The topological polar surface area (TPSA) is 60.2 Å². The number of aliphatic hydroxyl groups is 1. The number of methoxy groups -OCH3 is 1. The SMILES string of the molecule is COC1(C(O)Cc2ncnn2C(C)C)CCC(C)CC1. The van der Waals surface area contributed by atoms with Gasteiger partial charge in [-0.25, -0.2) is 9.67 Å². The zero-order chi connectivity index (χ0) is 14.8. The van der Waals surface area contributed by atoms with E-state index in [0.29, 0.717) is 6.42 Å². The zero-order valence-corrected chi connectivity index (χ0v) is 13.0. The van der Waals surface area contributed by atoms with Gasteiger partial charge in [-0.3, -0.25) is 0 Å². The van der Waals surface area contributed by atoms with Gasteiger partial charge >= 0.3 is 0 Å². The molecule has 0 saturated heterocycles. The van der Waals surface area contributed by atoms with Gasteiger partial charge in [-0.1, -0.05) is 6.92 Å². The lowest BCUT2D eigenvalue weighted by atomic mass is 9.75. The Labute approximate surface area is 121 Å². The third-order valence-corrected chi connectivity index (χ3v) is 4.65. The molecule has 0 aliphatic heterocycles. The number of hydrogen-bond acceptors (Lipinski definition) is 4. The molecular weight excluding hydrogens is 254 g/mol. The maximum Gasteiger partial charge on any atom is 0.138 e.